The Morgan fingerprint density at radius 3 is 2.59 bits per heavy atom. The van der Waals surface area contributed by atoms with E-state index in [4.69, 9.17) is 4.74 Å². The minimum absolute atomic E-state index is 0.0191. The molecule has 1 aliphatic heterocycles. The fourth-order valence-corrected chi connectivity index (χ4v) is 6.97. The van der Waals surface area contributed by atoms with Crippen molar-refractivity contribution in [2.75, 3.05) is 25.6 Å². The summed E-state index contributed by atoms with van der Waals surface area (Å²) in [6, 6.07) is 8.85. The number of benzene rings is 1. The van der Waals surface area contributed by atoms with Crippen molar-refractivity contribution in [2.45, 2.75) is 69.5 Å². The van der Waals surface area contributed by atoms with Crippen LogP contribution >= 0.6 is 0 Å². The number of nitrogens with zero attached hydrogens (tertiary/aromatic N) is 1. The third kappa shape index (κ3) is 3.40. The summed E-state index contributed by atoms with van der Waals surface area (Å²) in [6.07, 6.45) is 8.01. The Balaban J connectivity index is 1.48. The van der Waals surface area contributed by atoms with Crippen LogP contribution < -0.4 is 4.90 Å². The minimum Gasteiger partial charge on any atom is -0.378 e. The summed E-state index contributed by atoms with van der Waals surface area (Å²) in [7, 11) is 4.12. The summed E-state index contributed by atoms with van der Waals surface area (Å²) in [6.45, 7) is 2.76. The summed E-state index contributed by atoms with van der Waals surface area (Å²) in [4.78, 5) is 14.3. The van der Waals surface area contributed by atoms with Crippen LogP contribution in [0.2, 0.25) is 0 Å². The molecule has 0 saturated heterocycles. The second-order valence-corrected chi connectivity index (χ2v) is 11.5. The molecule has 0 unspecified atom stereocenters. The number of carbonyl (C=O) groups excluding carboxylic acids is 1. The average molecular weight is 458 g/mol. The van der Waals surface area contributed by atoms with Gasteiger partial charge in [0.15, 0.2) is 5.78 Å². The van der Waals surface area contributed by atoms with Crippen molar-refractivity contribution >= 4 is 11.5 Å². The molecular formula is C30H35NO3. The fraction of sp³-hybridized carbons (Fsp3) is 0.567. The van der Waals surface area contributed by atoms with E-state index in [1.807, 2.05) is 6.08 Å². The highest BCUT2D eigenvalue weighted by Gasteiger charge is 2.63. The van der Waals surface area contributed by atoms with Crippen molar-refractivity contribution in [2.24, 2.45) is 17.3 Å². The number of allylic oxidation sites excluding steroid dienone is 1. The molecule has 0 bridgehead atoms. The van der Waals surface area contributed by atoms with E-state index in [9.17, 15) is 9.90 Å². The largest absolute Gasteiger partial charge is 0.378 e. The van der Waals surface area contributed by atoms with Gasteiger partial charge in [-0.1, -0.05) is 30.9 Å². The van der Waals surface area contributed by atoms with Crippen LogP contribution in [0.25, 0.3) is 0 Å². The van der Waals surface area contributed by atoms with E-state index < -0.39 is 5.60 Å². The second-order valence-electron chi connectivity index (χ2n) is 11.5. The highest BCUT2D eigenvalue weighted by molar-refractivity contribution is 5.93. The summed E-state index contributed by atoms with van der Waals surface area (Å²) in [5.74, 6) is 7.85. The number of hydrogen-bond donors (Lipinski definition) is 1. The number of rotatable bonds is 2. The number of ether oxygens (including phenoxy) is 1. The Bertz CT molecular complexity index is 1150. The zero-order valence-corrected chi connectivity index (χ0v) is 20.6. The first kappa shape index (κ1) is 22.1. The SMILES string of the molecule is CN(C)c1ccc([C@H]2C[C@@]3(C)[C@@H](CC[C@@]3(O)C#CC3CC3)[C@@H]3OCC4=CC(=O)CCC4=C32)cc1. The van der Waals surface area contributed by atoms with Crippen molar-refractivity contribution in [3.8, 4) is 11.8 Å². The quantitative estimate of drug-likeness (QED) is 0.649. The third-order valence-corrected chi connectivity index (χ3v) is 9.24. The lowest BCUT2D eigenvalue weighted by atomic mass is 9.55. The van der Waals surface area contributed by atoms with Gasteiger partial charge in [0.05, 0.1) is 12.7 Å². The predicted molar refractivity (Wildman–Crippen MR) is 133 cm³/mol. The molecule has 4 aliphatic carbocycles. The van der Waals surface area contributed by atoms with E-state index in [0.717, 1.165) is 24.8 Å². The van der Waals surface area contributed by atoms with Gasteiger partial charge in [0, 0.05) is 43.5 Å². The fourth-order valence-electron chi connectivity index (χ4n) is 6.97. The van der Waals surface area contributed by atoms with E-state index in [2.05, 4.69) is 62.0 Å². The summed E-state index contributed by atoms with van der Waals surface area (Å²) < 4.78 is 6.58. The maximum Gasteiger partial charge on any atom is 0.156 e. The van der Waals surface area contributed by atoms with Crippen LogP contribution in [0.3, 0.4) is 0 Å². The number of fused-ring (bicyclic) bond motifs is 4. The van der Waals surface area contributed by atoms with Gasteiger partial charge in [0.1, 0.15) is 5.60 Å². The third-order valence-electron chi connectivity index (χ3n) is 9.24. The van der Waals surface area contributed by atoms with Gasteiger partial charge >= 0.3 is 0 Å². The van der Waals surface area contributed by atoms with Gasteiger partial charge in [0.2, 0.25) is 0 Å². The molecule has 3 fully saturated rings. The second kappa shape index (κ2) is 7.83. The van der Waals surface area contributed by atoms with Crippen LogP contribution in [0.15, 0.2) is 47.1 Å². The lowest BCUT2D eigenvalue weighted by Crippen LogP contribution is -2.53. The molecule has 3 saturated carbocycles. The molecule has 0 radical (unpaired) electrons. The van der Waals surface area contributed by atoms with Crippen molar-refractivity contribution in [3.63, 3.8) is 0 Å². The van der Waals surface area contributed by atoms with Crippen LogP contribution in [-0.2, 0) is 9.53 Å². The number of anilines is 1. The first-order chi connectivity index (χ1) is 16.3. The summed E-state index contributed by atoms with van der Waals surface area (Å²) in [5, 5.41) is 12.0. The Labute approximate surface area is 203 Å². The Morgan fingerprint density at radius 1 is 1.12 bits per heavy atom. The molecule has 4 nitrogen and oxygen atoms in total. The predicted octanol–water partition coefficient (Wildman–Crippen LogP) is 4.79. The number of carbonyl (C=O) groups is 1. The minimum atomic E-state index is -0.972. The first-order valence-corrected chi connectivity index (χ1v) is 12.9. The van der Waals surface area contributed by atoms with Crippen LogP contribution in [0, 0.1) is 29.1 Å². The monoisotopic (exact) mass is 457 g/mol. The summed E-state index contributed by atoms with van der Waals surface area (Å²) >= 11 is 0. The number of aliphatic hydroxyl groups is 1. The van der Waals surface area contributed by atoms with Gasteiger partial charge in [0.25, 0.3) is 0 Å². The van der Waals surface area contributed by atoms with Crippen LogP contribution in [0.5, 0.6) is 0 Å². The maximum atomic E-state index is 12.2. The summed E-state index contributed by atoms with van der Waals surface area (Å²) in [5.41, 5.74) is 4.92. The van der Waals surface area contributed by atoms with Gasteiger partial charge in [-0.05, 0) is 84.9 Å². The van der Waals surface area contributed by atoms with Crippen molar-refractivity contribution in [3.05, 3.63) is 52.6 Å². The van der Waals surface area contributed by atoms with Crippen molar-refractivity contribution in [1.82, 2.24) is 0 Å². The lowest BCUT2D eigenvalue weighted by Gasteiger charge is -2.53. The molecule has 5 atom stereocenters. The Kier molecular flexibility index (Phi) is 5.10. The molecule has 1 N–H and O–H groups in total. The molecule has 1 heterocycles. The number of hydrogen-bond acceptors (Lipinski definition) is 4. The van der Waals surface area contributed by atoms with E-state index in [1.54, 1.807) is 0 Å². The topological polar surface area (TPSA) is 49.8 Å². The Hall–Kier alpha value is -2.35. The van der Waals surface area contributed by atoms with Crippen molar-refractivity contribution < 1.29 is 14.6 Å². The van der Waals surface area contributed by atoms with Gasteiger partial charge in [-0.25, -0.2) is 0 Å². The van der Waals surface area contributed by atoms with Gasteiger partial charge in [-0.2, -0.15) is 0 Å². The highest BCUT2D eigenvalue weighted by atomic mass is 16.5. The first-order valence-electron chi connectivity index (χ1n) is 12.9. The smallest absolute Gasteiger partial charge is 0.156 e. The van der Waals surface area contributed by atoms with Gasteiger partial charge in [-0.15, -0.1) is 0 Å². The molecule has 4 heteroatoms. The molecule has 1 aromatic carbocycles. The van der Waals surface area contributed by atoms with Gasteiger partial charge in [-0.3, -0.25) is 4.79 Å². The van der Waals surface area contributed by atoms with Gasteiger partial charge < -0.3 is 14.7 Å². The molecular weight excluding hydrogens is 422 g/mol. The van der Waals surface area contributed by atoms with E-state index >= 15 is 0 Å². The molecule has 0 amide bonds. The molecule has 178 valence electrons. The van der Waals surface area contributed by atoms with E-state index in [0.29, 0.717) is 25.4 Å². The lowest BCUT2D eigenvalue weighted by molar-refractivity contribution is -0.115. The molecule has 5 aliphatic rings. The molecule has 34 heavy (non-hydrogen) atoms. The van der Waals surface area contributed by atoms with Crippen LogP contribution in [0.4, 0.5) is 5.69 Å². The number of ketones is 1. The molecule has 0 aromatic heterocycles. The molecule has 0 spiro atoms. The van der Waals surface area contributed by atoms with E-state index in [-0.39, 0.29) is 29.1 Å². The normalized spacial score (nSPS) is 36.6. The Morgan fingerprint density at radius 2 is 1.88 bits per heavy atom. The standard InChI is InChI=1S/C30H35NO3/c1-29-17-25(20-6-8-22(9-7-20)31(2)3)27-24-11-10-23(32)16-21(24)18-34-28(27)26(29)13-15-30(29,33)14-12-19-4-5-19/h6-9,16,19,25-26,28,33H,4-5,10-11,13,15,17-18H2,1-3H3/t25-,26+,28+,29+,30+/m1/s1. The van der Waals surface area contributed by atoms with Crippen molar-refractivity contribution in [1.29, 1.82) is 0 Å². The average Bonchev–Trinajstić information content (AvgIpc) is 3.62. The zero-order chi connectivity index (χ0) is 23.7. The zero-order valence-electron chi connectivity index (χ0n) is 20.6. The maximum absolute atomic E-state index is 12.2. The van der Waals surface area contributed by atoms with Crippen LogP contribution in [-0.4, -0.2) is 43.3 Å². The van der Waals surface area contributed by atoms with E-state index in [1.165, 1.54) is 35.2 Å². The highest BCUT2D eigenvalue weighted by Crippen LogP contribution is 2.64. The molecule has 6 rings (SSSR count). The molecule has 1 aromatic rings. The van der Waals surface area contributed by atoms with Crippen LogP contribution in [0.1, 0.15) is 63.4 Å².